The second-order valence-corrected chi connectivity index (χ2v) is 5.99. The van der Waals surface area contributed by atoms with E-state index in [4.69, 9.17) is 0 Å². The van der Waals surface area contributed by atoms with E-state index in [1.165, 1.54) is 12.1 Å². The van der Waals surface area contributed by atoms with E-state index in [0.29, 0.717) is 6.54 Å². The molecule has 3 aromatic rings. The number of fused-ring (bicyclic) bond motifs is 1. The fourth-order valence-electron chi connectivity index (χ4n) is 2.78. The molecule has 1 aromatic heterocycles. The first kappa shape index (κ1) is 17.9. The van der Waals surface area contributed by atoms with Crippen LogP contribution in [0.4, 0.5) is 4.39 Å². The van der Waals surface area contributed by atoms with Gasteiger partial charge in [-0.2, -0.15) is 0 Å². The number of aromatic nitrogens is 1. The Hall–Kier alpha value is -2.95. The van der Waals surface area contributed by atoms with Gasteiger partial charge in [-0.1, -0.05) is 30.3 Å². The summed E-state index contributed by atoms with van der Waals surface area (Å²) in [6.07, 6.45) is 2.63. The van der Waals surface area contributed by atoms with Gasteiger partial charge in [0, 0.05) is 24.7 Å². The minimum absolute atomic E-state index is 0.207. The Bertz CT molecular complexity index is 869. The molecular weight excluding hydrogens is 327 g/mol. The van der Waals surface area contributed by atoms with E-state index in [0.717, 1.165) is 47.5 Å². The van der Waals surface area contributed by atoms with Crippen molar-refractivity contribution in [3.63, 3.8) is 0 Å². The van der Waals surface area contributed by atoms with Crippen LogP contribution in [0.3, 0.4) is 0 Å². The number of hydrogen-bond acceptors (Lipinski definition) is 2. The molecule has 0 spiro atoms. The van der Waals surface area contributed by atoms with Crippen molar-refractivity contribution in [2.75, 3.05) is 13.1 Å². The van der Waals surface area contributed by atoms with Crippen molar-refractivity contribution in [3.8, 4) is 0 Å². The lowest BCUT2D eigenvalue weighted by Gasteiger charge is -2.12. The molecule has 0 saturated heterocycles. The maximum atomic E-state index is 13.0. The SMILES string of the molecule is CCNC(=NCc1ccnc2ccccc12)NCCc1ccc(F)cc1. The Morgan fingerprint density at radius 2 is 1.85 bits per heavy atom. The summed E-state index contributed by atoms with van der Waals surface area (Å²) in [5, 5.41) is 7.72. The van der Waals surface area contributed by atoms with E-state index < -0.39 is 0 Å². The number of nitrogens with one attached hydrogen (secondary N) is 2. The number of pyridine rings is 1. The Kier molecular flexibility index (Phi) is 6.14. The summed E-state index contributed by atoms with van der Waals surface area (Å²) in [5.74, 6) is 0.566. The highest BCUT2D eigenvalue weighted by Gasteiger charge is 2.02. The number of aliphatic imine (C=N–C) groups is 1. The molecule has 4 nitrogen and oxygen atoms in total. The van der Waals surface area contributed by atoms with Crippen molar-refractivity contribution in [1.29, 1.82) is 0 Å². The Labute approximate surface area is 153 Å². The minimum Gasteiger partial charge on any atom is -0.357 e. The van der Waals surface area contributed by atoms with E-state index in [9.17, 15) is 4.39 Å². The Morgan fingerprint density at radius 3 is 2.65 bits per heavy atom. The second-order valence-electron chi connectivity index (χ2n) is 5.99. The molecule has 0 aliphatic carbocycles. The lowest BCUT2D eigenvalue weighted by atomic mass is 10.1. The second kappa shape index (κ2) is 8.94. The first-order valence-corrected chi connectivity index (χ1v) is 8.85. The summed E-state index contributed by atoms with van der Waals surface area (Å²) in [6, 6.07) is 16.7. The van der Waals surface area contributed by atoms with Crippen LogP contribution < -0.4 is 10.6 Å². The molecule has 1 heterocycles. The summed E-state index contributed by atoms with van der Waals surface area (Å²) >= 11 is 0. The normalized spacial score (nSPS) is 11.5. The Morgan fingerprint density at radius 1 is 1.04 bits per heavy atom. The molecule has 2 N–H and O–H groups in total. The molecule has 0 unspecified atom stereocenters. The van der Waals surface area contributed by atoms with E-state index in [-0.39, 0.29) is 5.82 Å². The van der Waals surface area contributed by atoms with Crippen molar-refractivity contribution in [3.05, 3.63) is 77.7 Å². The summed E-state index contributed by atoms with van der Waals surface area (Å²) in [6.45, 7) is 4.14. The fourth-order valence-corrected chi connectivity index (χ4v) is 2.78. The molecule has 0 aliphatic rings. The molecule has 0 atom stereocenters. The molecule has 26 heavy (non-hydrogen) atoms. The van der Waals surface area contributed by atoms with Crippen LogP contribution in [0.15, 0.2) is 65.8 Å². The quantitative estimate of drug-likeness (QED) is 0.527. The number of rotatable bonds is 6. The third-order valence-electron chi connectivity index (χ3n) is 4.11. The number of nitrogens with zero attached hydrogens (tertiary/aromatic N) is 2. The number of benzene rings is 2. The lowest BCUT2D eigenvalue weighted by molar-refractivity contribution is 0.626. The fraction of sp³-hybridized carbons (Fsp3) is 0.238. The van der Waals surface area contributed by atoms with Gasteiger partial charge in [0.25, 0.3) is 0 Å². The van der Waals surface area contributed by atoms with Crippen LogP contribution in [-0.4, -0.2) is 24.0 Å². The van der Waals surface area contributed by atoms with Gasteiger partial charge in [0.05, 0.1) is 12.1 Å². The van der Waals surface area contributed by atoms with Gasteiger partial charge in [0.15, 0.2) is 5.96 Å². The largest absolute Gasteiger partial charge is 0.357 e. The zero-order valence-corrected chi connectivity index (χ0v) is 14.9. The summed E-state index contributed by atoms with van der Waals surface area (Å²) in [7, 11) is 0. The topological polar surface area (TPSA) is 49.3 Å². The number of guanidine groups is 1. The number of halogens is 1. The average Bonchev–Trinajstić information content (AvgIpc) is 2.67. The highest BCUT2D eigenvalue weighted by Crippen LogP contribution is 2.16. The number of para-hydroxylation sites is 1. The molecule has 0 aliphatic heterocycles. The first-order valence-electron chi connectivity index (χ1n) is 8.85. The first-order chi connectivity index (χ1) is 12.8. The minimum atomic E-state index is -0.207. The van der Waals surface area contributed by atoms with Gasteiger partial charge in [-0.05, 0) is 48.7 Å². The third kappa shape index (κ3) is 4.79. The molecule has 5 heteroatoms. The molecular formula is C21H23FN4. The lowest BCUT2D eigenvalue weighted by Crippen LogP contribution is -2.38. The summed E-state index contributed by atoms with van der Waals surface area (Å²) in [5.41, 5.74) is 3.22. The standard InChI is InChI=1S/C21H23FN4/c1-2-23-21(25-13-11-16-7-9-18(22)10-8-16)26-15-17-12-14-24-20-6-4-3-5-19(17)20/h3-10,12,14H,2,11,13,15H2,1H3,(H2,23,25,26). The van der Waals surface area contributed by atoms with Crippen molar-refractivity contribution < 1.29 is 4.39 Å². The van der Waals surface area contributed by atoms with Crippen molar-refractivity contribution >= 4 is 16.9 Å². The van der Waals surface area contributed by atoms with Crippen molar-refractivity contribution in [2.45, 2.75) is 19.9 Å². The van der Waals surface area contributed by atoms with Crippen molar-refractivity contribution in [2.24, 2.45) is 4.99 Å². The average molecular weight is 350 g/mol. The van der Waals surface area contributed by atoms with Gasteiger partial charge < -0.3 is 10.6 Å². The van der Waals surface area contributed by atoms with Crippen LogP contribution in [0.25, 0.3) is 10.9 Å². The summed E-state index contributed by atoms with van der Waals surface area (Å²) < 4.78 is 13.0. The van der Waals surface area contributed by atoms with Crippen LogP contribution >= 0.6 is 0 Å². The maximum Gasteiger partial charge on any atom is 0.191 e. The van der Waals surface area contributed by atoms with Gasteiger partial charge in [0.2, 0.25) is 0 Å². The van der Waals surface area contributed by atoms with E-state index in [1.54, 1.807) is 0 Å². The van der Waals surface area contributed by atoms with Crippen LogP contribution in [0.5, 0.6) is 0 Å². The van der Waals surface area contributed by atoms with E-state index in [2.05, 4.69) is 26.7 Å². The van der Waals surface area contributed by atoms with Crippen LogP contribution in [0.2, 0.25) is 0 Å². The zero-order valence-electron chi connectivity index (χ0n) is 14.9. The van der Waals surface area contributed by atoms with E-state index >= 15 is 0 Å². The van der Waals surface area contributed by atoms with Crippen LogP contribution in [0.1, 0.15) is 18.1 Å². The van der Waals surface area contributed by atoms with Gasteiger partial charge in [0.1, 0.15) is 5.82 Å². The van der Waals surface area contributed by atoms with Crippen LogP contribution in [0, 0.1) is 5.82 Å². The van der Waals surface area contributed by atoms with Crippen LogP contribution in [-0.2, 0) is 13.0 Å². The number of hydrogen-bond donors (Lipinski definition) is 2. The Balaban J connectivity index is 1.63. The maximum absolute atomic E-state index is 13.0. The molecule has 0 bridgehead atoms. The van der Waals surface area contributed by atoms with Gasteiger partial charge in [-0.25, -0.2) is 9.38 Å². The van der Waals surface area contributed by atoms with Crippen molar-refractivity contribution in [1.82, 2.24) is 15.6 Å². The molecule has 0 amide bonds. The molecule has 0 saturated carbocycles. The third-order valence-corrected chi connectivity index (χ3v) is 4.11. The predicted octanol–water partition coefficient (Wildman–Crippen LogP) is 3.67. The molecule has 2 aromatic carbocycles. The van der Waals surface area contributed by atoms with Gasteiger partial charge in [-0.3, -0.25) is 4.98 Å². The molecule has 0 radical (unpaired) electrons. The van der Waals surface area contributed by atoms with Gasteiger partial charge >= 0.3 is 0 Å². The van der Waals surface area contributed by atoms with Gasteiger partial charge in [-0.15, -0.1) is 0 Å². The smallest absolute Gasteiger partial charge is 0.191 e. The molecule has 0 fully saturated rings. The summed E-state index contributed by atoms with van der Waals surface area (Å²) in [4.78, 5) is 9.07. The van der Waals surface area contributed by atoms with E-state index in [1.807, 2.05) is 49.5 Å². The molecule has 3 rings (SSSR count). The highest BCUT2D eigenvalue weighted by molar-refractivity contribution is 5.83. The highest BCUT2D eigenvalue weighted by atomic mass is 19.1. The predicted molar refractivity (Wildman–Crippen MR) is 105 cm³/mol. The molecule has 134 valence electrons. The zero-order chi connectivity index (χ0) is 18.2. The monoisotopic (exact) mass is 350 g/mol.